The second kappa shape index (κ2) is 7.26. The lowest BCUT2D eigenvalue weighted by atomic mass is 10.1. The van der Waals surface area contributed by atoms with E-state index in [1.807, 2.05) is 6.92 Å². The van der Waals surface area contributed by atoms with E-state index in [-0.39, 0.29) is 0 Å². The van der Waals surface area contributed by atoms with Gasteiger partial charge in [-0.05, 0) is 68.0 Å². The van der Waals surface area contributed by atoms with Gasteiger partial charge in [0, 0.05) is 16.0 Å². The van der Waals surface area contributed by atoms with E-state index in [2.05, 4.69) is 27.9 Å². The average molecular weight is 472 g/mol. The monoisotopic (exact) mass is 472 g/mol. The number of aromatic nitrogens is 1. The first-order chi connectivity index (χ1) is 11.9. The molecule has 26 heavy (non-hydrogen) atoms. The largest absolute Gasteiger partial charge is 0.506 e. The molecule has 0 atom stereocenters. The van der Waals surface area contributed by atoms with Crippen LogP contribution in [0.4, 0.5) is 0 Å². The van der Waals surface area contributed by atoms with E-state index in [9.17, 15) is 19.5 Å². The Morgan fingerprint density at radius 3 is 2.50 bits per heavy atom. The van der Waals surface area contributed by atoms with Crippen molar-refractivity contribution in [1.82, 2.24) is 9.88 Å². The molecule has 0 saturated carbocycles. The van der Waals surface area contributed by atoms with E-state index in [0.717, 1.165) is 9.13 Å². The molecule has 0 spiro atoms. The van der Waals surface area contributed by atoms with Gasteiger partial charge in [-0.1, -0.05) is 0 Å². The molecule has 8 heteroatoms. The Bertz CT molecular complexity index is 957. The summed E-state index contributed by atoms with van der Waals surface area (Å²) in [6, 6.07) is 3.49. The van der Waals surface area contributed by atoms with Crippen LogP contribution in [-0.4, -0.2) is 33.7 Å². The van der Waals surface area contributed by atoms with Crippen LogP contribution in [0.1, 0.15) is 36.7 Å². The van der Waals surface area contributed by atoms with Crippen LogP contribution in [0.3, 0.4) is 0 Å². The number of hydrogen-bond acceptors (Lipinski definition) is 5. The number of fused-ring (bicyclic) bond motifs is 1. The molecule has 0 aliphatic heterocycles. The standard InChI is InChI=1S/C18H21IN2O5/c1-9-6-12-10(7-11(9)19)15(23)14(17(25)21(12)5)16(24)20-8-13(22)26-18(2,3)4/h6-7,23H,8H2,1-5H3,(H,20,24). The fourth-order valence-corrected chi connectivity index (χ4v) is 2.94. The number of carbonyl (C=O) groups is 2. The lowest BCUT2D eigenvalue weighted by Gasteiger charge is -2.19. The molecule has 0 saturated heterocycles. The van der Waals surface area contributed by atoms with Crippen molar-refractivity contribution in [1.29, 1.82) is 0 Å². The molecular formula is C18H21IN2O5. The summed E-state index contributed by atoms with van der Waals surface area (Å²) in [4.78, 5) is 36.7. The van der Waals surface area contributed by atoms with Gasteiger partial charge in [0.25, 0.3) is 11.5 Å². The number of halogens is 1. The van der Waals surface area contributed by atoms with Crippen molar-refractivity contribution >= 4 is 45.4 Å². The van der Waals surface area contributed by atoms with Crippen LogP contribution in [-0.2, 0) is 16.6 Å². The minimum atomic E-state index is -0.827. The zero-order chi connectivity index (χ0) is 19.8. The summed E-state index contributed by atoms with van der Waals surface area (Å²) < 4.78 is 7.31. The molecule has 1 amide bonds. The topological polar surface area (TPSA) is 97.6 Å². The average Bonchev–Trinajstić information content (AvgIpc) is 2.51. The van der Waals surface area contributed by atoms with E-state index in [0.29, 0.717) is 10.9 Å². The van der Waals surface area contributed by atoms with Crippen LogP contribution in [0.2, 0.25) is 0 Å². The predicted molar refractivity (Wildman–Crippen MR) is 106 cm³/mol. The fourth-order valence-electron chi connectivity index (χ4n) is 2.47. The van der Waals surface area contributed by atoms with Gasteiger partial charge in [-0.2, -0.15) is 0 Å². The van der Waals surface area contributed by atoms with Gasteiger partial charge in [-0.15, -0.1) is 0 Å². The van der Waals surface area contributed by atoms with E-state index in [1.54, 1.807) is 32.9 Å². The Labute approximate surface area is 164 Å². The number of nitrogens with one attached hydrogen (secondary N) is 1. The number of carbonyl (C=O) groups excluding carboxylic acids is 2. The molecule has 7 nitrogen and oxygen atoms in total. The SMILES string of the molecule is Cc1cc2c(cc1I)c(O)c(C(=O)NCC(=O)OC(C)(C)C)c(=O)n2C. The molecule has 1 aromatic heterocycles. The summed E-state index contributed by atoms with van der Waals surface area (Å²) in [7, 11) is 1.53. The van der Waals surface area contributed by atoms with Crippen molar-refractivity contribution in [3.63, 3.8) is 0 Å². The predicted octanol–water partition coefficient (Wildman–Crippen LogP) is 2.23. The van der Waals surface area contributed by atoms with Crippen LogP contribution in [0, 0.1) is 10.5 Å². The molecule has 0 unspecified atom stereocenters. The second-order valence-corrected chi connectivity index (χ2v) is 8.14. The third-order valence-corrected chi connectivity index (χ3v) is 4.85. The minimum absolute atomic E-state index is 0.393. The summed E-state index contributed by atoms with van der Waals surface area (Å²) >= 11 is 2.12. The molecule has 1 heterocycles. The van der Waals surface area contributed by atoms with Gasteiger partial charge in [0.15, 0.2) is 0 Å². The molecular weight excluding hydrogens is 451 g/mol. The highest BCUT2D eigenvalue weighted by Gasteiger charge is 2.23. The maximum Gasteiger partial charge on any atom is 0.325 e. The van der Waals surface area contributed by atoms with Crippen LogP contribution in [0.15, 0.2) is 16.9 Å². The maximum atomic E-state index is 12.5. The number of benzene rings is 1. The number of nitrogens with zero attached hydrogens (tertiary/aromatic N) is 1. The van der Waals surface area contributed by atoms with Gasteiger partial charge < -0.3 is 19.7 Å². The normalized spacial score (nSPS) is 11.5. The highest BCUT2D eigenvalue weighted by molar-refractivity contribution is 14.1. The summed E-state index contributed by atoms with van der Waals surface area (Å²) in [6.45, 7) is 6.62. The zero-order valence-corrected chi connectivity index (χ0v) is 17.4. The Balaban J connectivity index is 2.40. The van der Waals surface area contributed by atoms with Crippen molar-refractivity contribution in [2.24, 2.45) is 7.05 Å². The zero-order valence-electron chi connectivity index (χ0n) is 15.3. The van der Waals surface area contributed by atoms with Crippen molar-refractivity contribution in [3.8, 4) is 5.75 Å². The maximum absolute atomic E-state index is 12.5. The van der Waals surface area contributed by atoms with Gasteiger partial charge in [0.05, 0.1) is 5.52 Å². The summed E-state index contributed by atoms with van der Waals surface area (Å²) in [5.74, 6) is -1.86. The van der Waals surface area contributed by atoms with Gasteiger partial charge in [-0.25, -0.2) is 0 Å². The molecule has 140 valence electrons. The molecule has 2 rings (SSSR count). The van der Waals surface area contributed by atoms with E-state index < -0.39 is 40.9 Å². The van der Waals surface area contributed by atoms with Gasteiger partial charge >= 0.3 is 5.97 Å². The molecule has 0 aliphatic carbocycles. The second-order valence-electron chi connectivity index (χ2n) is 6.98. The van der Waals surface area contributed by atoms with E-state index in [4.69, 9.17) is 4.74 Å². The summed E-state index contributed by atoms with van der Waals surface area (Å²) in [5, 5.41) is 13.2. The molecule has 2 aromatic rings. The number of aromatic hydroxyl groups is 1. The fraction of sp³-hybridized carbons (Fsp3) is 0.389. The lowest BCUT2D eigenvalue weighted by Crippen LogP contribution is -2.37. The number of ether oxygens (including phenoxy) is 1. The summed E-state index contributed by atoms with van der Waals surface area (Å²) in [6.07, 6.45) is 0. The van der Waals surface area contributed by atoms with E-state index >= 15 is 0 Å². The molecule has 0 fully saturated rings. The number of pyridine rings is 1. The van der Waals surface area contributed by atoms with Crippen LogP contribution >= 0.6 is 22.6 Å². The number of esters is 1. The number of hydrogen-bond donors (Lipinski definition) is 2. The Morgan fingerprint density at radius 2 is 1.92 bits per heavy atom. The molecule has 2 N–H and O–H groups in total. The van der Waals surface area contributed by atoms with Crippen molar-refractivity contribution in [3.05, 3.63) is 37.2 Å². The van der Waals surface area contributed by atoms with Crippen LogP contribution in [0.25, 0.3) is 10.9 Å². The van der Waals surface area contributed by atoms with E-state index in [1.165, 1.54) is 11.6 Å². The first-order valence-electron chi connectivity index (χ1n) is 7.94. The number of amides is 1. The minimum Gasteiger partial charge on any atom is -0.506 e. The Kier molecular flexibility index (Phi) is 5.64. The Hall–Kier alpha value is -2.10. The smallest absolute Gasteiger partial charge is 0.325 e. The molecule has 1 aromatic carbocycles. The molecule has 0 radical (unpaired) electrons. The third-order valence-electron chi connectivity index (χ3n) is 3.69. The molecule has 0 bridgehead atoms. The third kappa shape index (κ3) is 4.17. The van der Waals surface area contributed by atoms with Crippen LogP contribution < -0.4 is 10.9 Å². The van der Waals surface area contributed by atoms with Crippen molar-refractivity contribution < 1.29 is 19.4 Å². The van der Waals surface area contributed by atoms with Gasteiger partial charge in [0.2, 0.25) is 0 Å². The first kappa shape index (κ1) is 20.2. The van der Waals surface area contributed by atoms with Crippen molar-refractivity contribution in [2.45, 2.75) is 33.3 Å². The summed E-state index contributed by atoms with van der Waals surface area (Å²) in [5.41, 5.74) is -0.248. The van der Waals surface area contributed by atoms with Gasteiger partial charge in [0.1, 0.15) is 23.5 Å². The number of rotatable bonds is 3. The van der Waals surface area contributed by atoms with Crippen LogP contribution in [0.5, 0.6) is 5.75 Å². The molecule has 0 aliphatic rings. The Morgan fingerprint density at radius 1 is 1.31 bits per heavy atom. The van der Waals surface area contributed by atoms with Crippen molar-refractivity contribution in [2.75, 3.05) is 6.54 Å². The van der Waals surface area contributed by atoms with Gasteiger partial charge in [-0.3, -0.25) is 14.4 Å². The first-order valence-corrected chi connectivity index (χ1v) is 9.02. The quantitative estimate of drug-likeness (QED) is 0.528. The number of aryl methyl sites for hydroxylation is 2. The lowest BCUT2D eigenvalue weighted by molar-refractivity contribution is -0.153. The highest BCUT2D eigenvalue weighted by atomic mass is 127. The highest BCUT2D eigenvalue weighted by Crippen LogP contribution is 2.29.